The number of benzene rings is 1. The molecule has 3 rings (SSSR count). The molecule has 0 aliphatic carbocycles. The highest BCUT2D eigenvalue weighted by Crippen LogP contribution is 2.25. The van der Waals surface area contributed by atoms with Crippen LogP contribution in [0, 0.1) is 0 Å². The number of phenolic OH excluding ortho intramolecular Hbond substituents is 2. The monoisotopic (exact) mass is 371 g/mol. The molecule has 0 radical (unpaired) electrons. The Labute approximate surface area is 153 Å². The van der Waals surface area contributed by atoms with Crippen molar-refractivity contribution in [1.82, 2.24) is 4.90 Å². The molecule has 0 saturated carbocycles. The van der Waals surface area contributed by atoms with E-state index in [0.29, 0.717) is 18.7 Å². The van der Waals surface area contributed by atoms with E-state index in [9.17, 15) is 15.0 Å². The third-order valence-electron chi connectivity index (χ3n) is 3.58. The molecule has 2 aromatic heterocycles. The van der Waals surface area contributed by atoms with Crippen LogP contribution >= 0.6 is 22.7 Å². The van der Waals surface area contributed by atoms with Gasteiger partial charge in [0.25, 0.3) is 0 Å². The number of carbonyl (C=O) groups is 1. The van der Waals surface area contributed by atoms with Crippen molar-refractivity contribution in [3.8, 4) is 11.5 Å². The van der Waals surface area contributed by atoms with Crippen LogP contribution in [0.15, 0.2) is 59.3 Å². The van der Waals surface area contributed by atoms with Gasteiger partial charge in [-0.1, -0.05) is 18.2 Å². The van der Waals surface area contributed by atoms with Crippen LogP contribution in [0.3, 0.4) is 0 Å². The molecule has 0 bridgehead atoms. The zero-order chi connectivity index (χ0) is 17.6. The molecule has 0 spiro atoms. The number of thiophene rings is 2. The molecular formula is C19H17NO3S2. The third-order valence-corrected chi connectivity index (χ3v) is 5.31. The van der Waals surface area contributed by atoms with Gasteiger partial charge in [0.1, 0.15) is 0 Å². The Kier molecular flexibility index (Phi) is 5.53. The molecule has 3 aromatic rings. The van der Waals surface area contributed by atoms with E-state index in [-0.39, 0.29) is 17.4 Å². The van der Waals surface area contributed by atoms with Gasteiger partial charge in [-0.3, -0.25) is 4.79 Å². The SMILES string of the molecule is O=C(/C=C/c1ccc(O)c(O)c1)N(Cc1cccs1)Cc1cccs1. The fourth-order valence-corrected chi connectivity index (χ4v) is 3.75. The van der Waals surface area contributed by atoms with Crippen molar-refractivity contribution in [2.75, 3.05) is 0 Å². The summed E-state index contributed by atoms with van der Waals surface area (Å²) in [4.78, 5) is 16.7. The second-order valence-electron chi connectivity index (χ2n) is 5.43. The van der Waals surface area contributed by atoms with E-state index in [1.807, 2.05) is 35.0 Å². The summed E-state index contributed by atoms with van der Waals surface area (Å²) >= 11 is 3.25. The zero-order valence-electron chi connectivity index (χ0n) is 13.3. The van der Waals surface area contributed by atoms with Gasteiger partial charge in [-0.05, 0) is 46.7 Å². The first-order valence-electron chi connectivity index (χ1n) is 7.65. The minimum Gasteiger partial charge on any atom is -0.504 e. The number of amides is 1. The third kappa shape index (κ3) is 4.71. The number of phenols is 2. The van der Waals surface area contributed by atoms with Crippen LogP contribution in [-0.4, -0.2) is 21.0 Å². The molecule has 128 valence electrons. The van der Waals surface area contributed by atoms with E-state index in [0.717, 1.165) is 9.75 Å². The van der Waals surface area contributed by atoms with Crippen molar-refractivity contribution in [3.05, 3.63) is 74.6 Å². The molecule has 0 aliphatic heterocycles. The maximum absolute atomic E-state index is 12.7. The van der Waals surface area contributed by atoms with Crippen LogP contribution in [0.5, 0.6) is 11.5 Å². The van der Waals surface area contributed by atoms with Gasteiger partial charge in [0.2, 0.25) is 5.91 Å². The van der Waals surface area contributed by atoms with Gasteiger partial charge in [-0.15, -0.1) is 22.7 Å². The van der Waals surface area contributed by atoms with Crippen molar-refractivity contribution >= 4 is 34.7 Å². The predicted molar refractivity (Wildman–Crippen MR) is 102 cm³/mol. The highest BCUT2D eigenvalue weighted by Gasteiger charge is 2.13. The van der Waals surface area contributed by atoms with Gasteiger partial charge in [-0.2, -0.15) is 0 Å². The lowest BCUT2D eigenvalue weighted by Crippen LogP contribution is -2.27. The van der Waals surface area contributed by atoms with Crippen molar-refractivity contribution in [3.63, 3.8) is 0 Å². The van der Waals surface area contributed by atoms with Crippen molar-refractivity contribution in [2.24, 2.45) is 0 Å². The fraction of sp³-hybridized carbons (Fsp3) is 0.105. The van der Waals surface area contributed by atoms with E-state index >= 15 is 0 Å². The maximum atomic E-state index is 12.7. The van der Waals surface area contributed by atoms with Crippen LogP contribution < -0.4 is 0 Å². The second kappa shape index (κ2) is 8.00. The molecule has 0 saturated heterocycles. The molecule has 25 heavy (non-hydrogen) atoms. The van der Waals surface area contributed by atoms with Crippen LogP contribution in [0.1, 0.15) is 15.3 Å². The Bertz CT molecular complexity index is 819. The summed E-state index contributed by atoms with van der Waals surface area (Å²) in [6, 6.07) is 12.4. The standard InChI is InChI=1S/C19H17NO3S2/c21-17-7-5-14(11-18(17)22)6-8-19(23)20(12-15-3-1-9-24-15)13-16-4-2-10-25-16/h1-11,21-22H,12-13H2/b8-6+. The highest BCUT2D eigenvalue weighted by molar-refractivity contribution is 7.10. The molecule has 1 amide bonds. The van der Waals surface area contributed by atoms with Crippen LogP contribution in [0.4, 0.5) is 0 Å². The number of carbonyl (C=O) groups excluding carboxylic acids is 1. The summed E-state index contributed by atoms with van der Waals surface area (Å²) in [5.41, 5.74) is 0.649. The topological polar surface area (TPSA) is 60.8 Å². The van der Waals surface area contributed by atoms with Crippen molar-refractivity contribution in [1.29, 1.82) is 0 Å². The molecule has 6 heteroatoms. The normalized spacial score (nSPS) is 11.0. The summed E-state index contributed by atoms with van der Waals surface area (Å²) in [7, 11) is 0. The average Bonchev–Trinajstić information content (AvgIpc) is 3.29. The summed E-state index contributed by atoms with van der Waals surface area (Å²) in [6.07, 6.45) is 3.13. The van der Waals surface area contributed by atoms with Crippen LogP contribution in [0.2, 0.25) is 0 Å². The summed E-state index contributed by atoms with van der Waals surface area (Å²) < 4.78 is 0. The first-order valence-corrected chi connectivity index (χ1v) is 9.41. The fourth-order valence-electron chi connectivity index (χ4n) is 2.31. The van der Waals surface area contributed by atoms with Gasteiger partial charge in [-0.25, -0.2) is 0 Å². The first kappa shape index (κ1) is 17.3. The smallest absolute Gasteiger partial charge is 0.247 e. The van der Waals surface area contributed by atoms with E-state index < -0.39 is 0 Å². The summed E-state index contributed by atoms with van der Waals surface area (Å²) in [5, 5.41) is 22.9. The molecule has 2 heterocycles. The first-order chi connectivity index (χ1) is 12.1. The Morgan fingerprint density at radius 3 is 2.12 bits per heavy atom. The van der Waals surface area contributed by atoms with E-state index in [4.69, 9.17) is 0 Å². The lowest BCUT2D eigenvalue weighted by Gasteiger charge is -2.20. The molecule has 0 unspecified atom stereocenters. The van der Waals surface area contributed by atoms with Gasteiger partial charge in [0, 0.05) is 15.8 Å². The molecule has 0 aliphatic rings. The van der Waals surface area contributed by atoms with Gasteiger partial charge in [0.05, 0.1) is 13.1 Å². The second-order valence-corrected chi connectivity index (χ2v) is 7.50. The van der Waals surface area contributed by atoms with Gasteiger partial charge >= 0.3 is 0 Å². The summed E-state index contributed by atoms with van der Waals surface area (Å²) in [6.45, 7) is 1.11. The molecule has 2 N–H and O–H groups in total. The number of aromatic hydroxyl groups is 2. The van der Waals surface area contributed by atoms with E-state index in [2.05, 4.69) is 0 Å². The minimum atomic E-state index is -0.205. The van der Waals surface area contributed by atoms with E-state index in [1.54, 1.807) is 39.7 Å². The van der Waals surface area contributed by atoms with Crippen molar-refractivity contribution < 1.29 is 15.0 Å². The Morgan fingerprint density at radius 1 is 0.960 bits per heavy atom. The Balaban J connectivity index is 1.75. The quantitative estimate of drug-likeness (QED) is 0.497. The molecule has 0 atom stereocenters. The highest BCUT2D eigenvalue weighted by atomic mass is 32.1. The number of rotatable bonds is 6. The Morgan fingerprint density at radius 2 is 1.60 bits per heavy atom. The molecular weight excluding hydrogens is 354 g/mol. The van der Waals surface area contributed by atoms with E-state index in [1.165, 1.54) is 18.2 Å². The Hall–Kier alpha value is -2.57. The van der Waals surface area contributed by atoms with Gasteiger partial charge in [0.15, 0.2) is 11.5 Å². The lowest BCUT2D eigenvalue weighted by molar-refractivity contribution is -0.127. The predicted octanol–water partition coefficient (Wildman–Crippen LogP) is 4.46. The van der Waals surface area contributed by atoms with Gasteiger partial charge < -0.3 is 15.1 Å². The summed E-state index contributed by atoms with van der Waals surface area (Å²) in [5.74, 6) is -0.488. The van der Waals surface area contributed by atoms with Crippen LogP contribution in [-0.2, 0) is 17.9 Å². The number of hydrogen-bond acceptors (Lipinski definition) is 5. The number of nitrogens with zero attached hydrogens (tertiary/aromatic N) is 1. The largest absolute Gasteiger partial charge is 0.504 e. The minimum absolute atomic E-state index is 0.102. The van der Waals surface area contributed by atoms with Crippen LogP contribution in [0.25, 0.3) is 6.08 Å². The molecule has 4 nitrogen and oxygen atoms in total. The zero-order valence-corrected chi connectivity index (χ0v) is 15.0. The van der Waals surface area contributed by atoms with Crippen molar-refractivity contribution in [2.45, 2.75) is 13.1 Å². The molecule has 0 fully saturated rings. The molecule has 1 aromatic carbocycles. The average molecular weight is 371 g/mol. The lowest BCUT2D eigenvalue weighted by atomic mass is 10.2. The maximum Gasteiger partial charge on any atom is 0.247 e. The number of hydrogen-bond donors (Lipinski definition) is 2.